The standard InChI is InChI=1S/C23H31N3O5S2/c1-17-6-8-22(9-7-17)33(30,31)25-12-10-24(11-13-25)23(27)20(4)26(32(5,28)29)21-15-18(2)14-19(3)16-21/h6-9,14-16,20H,10-13H2,1-5H3/t20-/m1/s1. The fraction of sp³-hybridized carbons (Fsp3) is 0.435. The van der Waals surface area contributed by atoms with Crippen molar-refractivity contribution < 1.29 is 21.6 Å². The molecular formula is C23H31N3O5S2. The first-order valence-electron chi connectivity index (χ1n) is 10.7. The third kappa shape index (κ3) is 5.56. The van der Waals surface area contributed by atoms with E-state index >= 15 is 0 Å². The number of aryl methyl sites for hydroxylation is 3. The smallest absolute Gasteiger partial charge is 0.246 e. The number of rotatable bonds is 6. The van der Waals surface area contributed by atoms with Crippen LogP contribution >= 0.6 is 0 Å². The van der Waals surface area contributed by atoms with E-state index in [0.29, 0.717) is 5.69 Å². The summed E-state index contributed by atoms with van der Waals surface area (Å²) >= 11 is 0. The number of sulfonamides is 2. The zero-order chi connectivity index (χ0) is 24.6. The van der Waals surface area contributed by atoms with Crippen LogP contribution in [0.25, 0.3) is 0 Å². The Morgan fingerprint density at radius 2 is 1.36 bits per heavy atom. The highest BCUT2D eigenvalue weighted by atomic mass is 32.2. The summed E-state index contributed by atoms with van der Waals surface area (Å²) in [5.74, 6) is -0.355. The van der Waals surface area contributed by atoms with Crippen molar-refractivity contribution in [3.8, 4) is 0 Å². The first kappa shape index (κ1) is 25.2. The van der Waals surface area contributed by atoms with E-state index in [9.17, 15) is 21.6 Å². The molecule has 33 heavy (non-hydrogen) atoms. The van der Waals surface area contributed by atoms with Gasteiger partial charge in [-0.3, -0.25) is 9.10 Å². The SMILES string of the molecule is Cc1ccc(S(=O)(=O)N2CCN(C(=O)[C@@H](C)N(c3cc(C)cc(C)c3)S(C)(=O)=O)CC2)cc1. The molecule has 1 aliphatic rings. The fourth-order valence-corrected chi connectivity index (χ4v) is 6.73. The molecule has 0 radical (unpaired) electrons. The van der Waals surface area contributed by atoms with Crippen LogP contribution in [0.3, 0.4) is 0 Å². The molecule has 0 N–H and O–H groups in total. The Bertz CT molecular complexity index is 1210. The number of carbonyl (C=O) groups is 1. The Labute approximate surface area is 196 Å². The van der Waals surface area contributed by atoms with E-state index in [-0.39, 0.29) is 37.0 Å². The molecule has 2 aromatic rings. The van der Waals surface area contributed by atoms with Gasteiger partial charge < -0.3 is 4.90 Å². The quantitative estimate of drug-likeness (QED) is 0.615. The minimum atomic E-state index is -3.73. The van der Waals surface area contributed by atoms with Gasteiger partial charge in [-0.25, -0.2) is 16.8 Å². The van der Waals surface area contributed by atoms with E-state index in [2.05, 4.69) is 0 Å². The molecule has 1 heterocycles. The van der Waals surface area contributed by atoms with Crippen LogP contribution in [0.2, 0.25) is 0 Å². The summed E-state index contributed by atoms with van der Waals surface area (Å²) in [6, 6.07) is 11.1. The van der Waals surface area contributed by atoms with Gasteiger partial charge >= 0.3 is 0 Å². The second-order valence-electron chi connectivity index (χ2n) is 8.62. The molecule has 180 valence electrons. The van der Waals surface area contributed by atoms with Gasteiger partial charge in [0.25, 0.3) is 0 Å². The maximum absolute atomic E-state index is 13.2. The van der Waals surface area contributed by atoms with Crippen molar-refractivity contribution >= 4 is 31.6 Å². The van der Waals surface area contributed by atoms with Crippen molar-refractivity contribution in [3.63, 3.8) is 0 Å². The lowest BCUT2D eigenvalue weighted by Crippen LogP contribution is -2.56. The van der Waals surface area contributed by atoms with Gasteiger partial charge in [-0.1, -0.05) is 23.8 Å². The van der Waals surface area contributed by atoms with Crippen LogP contribution in [0.5, 0.6) is 0 Å². The number of hydrogen-bond donors (Lipinski definition) is 0. The van der Waals surface area contributed by atoms with Gasteiger partial charge in [0.2, 0.25) is 26.0 Å². The zero-order valence-electron chi connectivity index (χ0n) is 19.6. The summed E-state index contributed by atoms with van der Waals surface area (Å²) in [5.41, 5.74) is 3.20. The van der Waals surface area contributed by atoms with Gasteiger partial charge in [-0.05, 0) is 63.1 Å². The van der Waals surface area contributed by atoms with Gasteiger partial charge in [-0.15, -0.1) is 0 Å². The van der Waals surface area contributed by atoms with Gasteiger partial charge in [0.15, 0.2) is 0 Å². The first-order chi connectivity index (χ1) is 15.3. The normalized spacial score (nSPS) is 16.5. The minimum Gasteiger partial charge on any atom is -0.338 e. The summed E-state index contributed by atoms with van der Waals surface area (Å²) in [6.07, 6.45) is 1.08. The highest BCUT2D eigenvalue weighted by molar-refractivity contribution is 7.92. The molecule has 1 amide bonds. The van der Waals surface area contributed by atoms with Gasteiger partial charge in [0.1, 0.15) is 6.04 Å². The number of benzene rings is 2. The molecule has 0 spiro atoms. The lowest BCUT2D eigenvalue weighted by atomic mass is 10.1. The molecule has 10 heteroatoms. The van der Waals surface area contributed by atoms with E-state index in [0.717, 1.165) is 27.3 Å². The maximum Gasteiger partial charge on any atom is 0.246 e. The Morgan fingerprint density at radius 1 is 0.848 bits per heavy atom. The number of anilines is 1. The molecule has 0 saturated carbocycles. The van der Waals surface area contributed by atoms with Crippen molar-refractivity contribution in [1.29, 1.82) is 0 Å². The van der Waals surface area contributed by atoms with Crippen molar-refractivity contribution in [2.45, 2.75) is 38.6 Å². The Morgan fingerprint density at radius 3 is 1.85 bits per heavy atom. The number of carbonyl (C=O) groups excluding carboxylic acids is 1. The predicted molar refractivity (Wildman–Crippen MR) is 129 cm³/mol. The van der Waals surface area contributed by atoms with Crippen LogP contribution in [0.4, 0.5) is 5.69 Å². The summed E-state index contributed by atoms with van der Waals surface area (Å²) in [7, 11) is -7.38. The Kier molecular flexibility index (Phi) is 7.21. The molecule has 0 bridgehead atoms. The lowest BCUT2D eigenvalue weighted by molar-refractivity contribution is -0.133. The van der Waals surface area contributed by atoms with Crippen LogP contribution in [-0.4, -0.2) is 70.4 Å². The van der Waals surface area contributed by atoms with E-state index in [1.54, 1.807) is 43.3 Å². The Hall–Kier alpha value is -2.43. The molecule has 1 atom stereocenters. The molecule has 1 saturated heterocycles. The number of amides is 1. The molecule has 2 aromatic carbocycles. The molecule has 8 nitrogen and oxygen atoms in total. The molecule has 1 aliphatic heterocycles. The van der Waals surface area contributed by atoms with E-state index in [1.807, 2.05) is 26.8 Å². The topological polar surface area (TPSA) is 95.1 Å². The summed E-state index contributed by atoms with van der Waals surface area (Å²) in [5, 5.41) is 0. The van der Waals surface area contributed by atoms with E-state index in [1.165, 1.54) is 9.21 Å². The average molecular weight is 494 g/mol. The van der Waals surface area contributed by atoms with Gasteiger partial charge in [-0.2, -0.15) is 4.31 Å². The minimum absolute atomic E-state index is 0.150. The second kappa shape index (κ2) is 9.44. The van der Waals surface area contributed by atoms with E-state index in [4.69, 9.17) is 0 Å². The van der Waals surface area contributed by atoms with Crippen molar-refractivity contribution in [3.05, 3.63) is 59.2 Å². The van der Waals surface area contributed by atoms with Gasteiger partial charge in [0, 0.05) is 26.2 Å². The zero-order valence-corrected chi connectivity index (χ0v) is 21.3. The van der Waals surface area contributed by atoms with Crippen molar-refractivity contribution in [1.82, 2.24) is 9.21 Å². The van der Waals surface area contributed by atoms with Gasteiger partial charge in [0.05, 0.1) is 16.8 Å². The molecule has 1 fully saturated rings. The van der Waals surface area contributed by atoms with Crippen LogP contribution < -0.4 is 4.31 Å². The molecule has 0 aliphatic carbocycles. The van der Waals surface area contributed by atoms with E-state index < -0.39 is 26.1 Å². The van der Waals surface area contributed by atoms with Crippen LogP contribution in [-0.2, 0) is 24.8 Å². The highest BCUT2D eigenvalue weighted by Crippen LogP contribution is 2.25. The van der Waals surface area contributed by atoms with Crippen molar-refractivity contribution in [2.24, 2.45) is 0 Å². The largest absolute Gasteiger partial charge is 0.338 e. The summed E-state index contributed by atoms with van der Waals surface area (Å²) < 4.78 is 53.6. The fourth-order valence-electron chi connectivity index (χ4n) is 4.15. The first-order valence-corrected chi connectivity index (χ1v) is 14.0. The second-order valence-corrected chi connectivity index (χ2v) is 12.4. The number of nitrogens with zero attached hydrogens (tertiary/aromatic N) is 3. The third-order valence-corrected chi connectivity index (χ3v) is 8.89. The van der Waals surface area contributed by atoms with Crippen LogP contribution in [0.1, 0.15) is 23.6 Å². The molecule has 3 rings (SSSR count). The third-order valence-electron chi connectivity index (χ3n) is 5.74. The number of hydrogen-bond acceptors (Lipinski definition) is 5. The number of piperazine rings is 1. The monoisotopic (exact) mass is 493 g/mol. The summed E-state index contributed by atoms with van der Waals surface area (Å²) in [6.45, 7) is 7.89. The maximum atomic E-state index is 13.2. The molecular weight excluding hydrogens is 462 g/mol. The Balaban J connectivity index is 1.76. The van der Waals surface area contributed by atoms with Crippen LogP contribution in [0.15, 0.2) is 47.4 Å². The summed E-state index contributed by atoms with van der Waals surface area (Å²) in [4.78, 5) is 15.0. The van der Waals surface area contributed by atoms with Crippen molar-refractivity contribution in [2.75, 3.05) is 36.7 Å². The molecule has 0 unspecified atom stereocenters. The van der Waals surface area contributed by atoms with Crippen LogP contribution in [0, 0.1) is 20.8 Å². The average Bonchev–Trinajstić information content (AvgIpc) is 2.72. The molecule has 0 aromatic heterocycles. The highest BCUT2D eigenvalue weighted by Gasteiger charge is 2.35. The predicted octanol–water partition coefficient (Wildman–Crippen LogP) is 2.30. The lowest BCUT2D eigenvalue weighted by Gasteiger charge is -2.37.